The van der Waals surface area contributed by atoms with Crippen LogP contribution in [0.2, 0.25) is 0 Å². The van der Waals surface area contributed by atoms with Crippen molar-refractivity contribution in [2.24, 2.45) is 5.41 Å². The zero-order valence-electron chi connectivity index (χ0n) is 9.77. The van der Waals surface area contributed by atoms with E-state index < -0.39 is 0 Å². The van der Waals surface area contributed by atoms with Crippen LogP contribution >= 0.6 is 0 Å². The summed E-state index contributed by atoms with van der Waals surface area (Å²) in [5.74, 6) is 0.237. The van der Waals surface area contributed by atoms with Crippen LogP contribution in [0.5, 0.6) is 0 Å². The average molecular weight is 211 g/mol. The van der Waals surface area contributed by atoms with Crippen LogP contribution in [0.25, 0.3) is 0 Å². The summed E-state index contributed by atoms with van der Waals surface area (Å²) in [7, 11) is 0. The van der Waals surface area contributed by atoms with Gasteiger partial charge in [-0.1, -0.05) is 13.8 Å². The van der Waals surface area contributed by atoms with Crippen molar-refractivity contribution in [1.29, 1.82) is 0 Å². The number of hydrogen-bond acceptors (Lipinski definition) is 2. The van der Waals surface area contributed by atoms with Crippen molar-refractivity contribution < 1.29 is 9.53 Å². The Kier molecular flexibility index (Phi) is 2.75. The highest BCUT2D eigenvalue weighted by Crippen LogP contribution is 2.50. The Bertz CT molecular complexity index is 252. The van der Waals surface area contributed by atoms with Gasteiger partial charge in [-0.25, -0.2) is 0 Å². The topological polar surface area (TPSA) is 38.3 Å². The van der Waals surface area contributed by atoms with Crippen LogP contribution in [0.1, 0.15) is 46.0 Å². The lowest BCUT2D eigenvalue weighted by atomic mass is 9.63. The number of carbonyl (C=O) groups is 1. The van der Waals surface area contributed by atoms with Crippen molar-refractivity contribution >= 4 is 5.91 Å². The minimum atomic E-state index is 0.0336. The predicted molar refractivity (Wildman–Crippen MR) is 58.6 cm³/mol. The van der Waals surface area contributed by atoms with Gasteiger partial charge in [0.15, 0.2) is 0 Å². The molecule has 0 aromatic heterocycles. The Balaban J connectivity index is 2.30. The fourth-order valence-electron chi connectivity index (χ4n) is 3.47. The zero-order chi connectivity index (χ0) is 10.9. The van der Waals surface area contributed by atoms with Crippen LogP contribution in [0.15, 0.2) is 0 Å². The monoisotopic (exact) mass is 211 g/mol. The summed E-state index contributed by atoms with van der Waals surface area (Å²) in [4.78, 5) is 11.7. The van der Waals surface area contributed by atoms with Gasteiger partial charge in [-0.05, 0) is 25.7 Å². The largest absolute Gasteiger partial charge is 0.381 e. The fourth-order valence-corrected chi connectivity index (χ4v) is 3.47. The molecule has 2 fully saturated rings. The smallest absolute Gasteiger partial charge is 0.221 e. The molecule has 15 heavy (non-hydrogen) atoms. The van der Waals surface area contributed by atoms with Gasteiger partial charge in [-0.2, -0.15) is 0 Å². The number of hydrogen-bond donors (Lipinski definition) is 1. The molecule has 86 valence electrons. The lowest BCUT2D eigenvalue weighted by molar-refractivity contribution is -0.120. The minimum absolute atomic E-state index is 0.0336. The molecule has 0 aromatic rings. The van der Waals surface area contributed by atoms with Crippen LogP contribution in [0.4, 0.5) is 0 Å². The third-order valence-electron chi connectivity index (χ3n) is 4.59. The first-order valence-electron chi connectivity index (χ1n) is 6.07. The molecular formula is C12H21NO2. The van der Waals surface area contributed by atoms with E-state index in [0.717, 1.165) is 38.9 Å². The molecule has 2 rings (SSSR count). The van der Waals surface area contributed by atoms with Gasteiger partial charge < -0.3 is 10.1 Å². The van der Waals surface area contributed by atoms with Crippen LogP contribution < -0.4 is 5.32 Å². The van der Waals surface area contributed by atoms with E-state index in [1.807, 2.05) is 0 Å². The van der Waals surface area contributed by atoms with Crippen molar-refractivity contribution in [3.8, 4) is 0 Å². The van der Waals surface area contributed by atoms with E-state index in [1.165, 1.54) is 0 Å². The third-order valence-corrected chi connectivity index (χ3v) is 4.59. The molecule has 2 heterocycles. The second kappa shape index (κ2) is 3.78. The van der Waals surface area contributed by atoms with Crippen molar-refractivity contribution in [1.82, 2.24) is 5.32 Å². The summed E-state index contributed by atoms with van der Waals surface area (Å²) in [5, 5.41) is 3.24. The first-order chi connectivity index (χ1) is 7.18. The Labute approximate surface area is 91.6 Å². The van der Waals surface area contributed by atoms with Gasteiger partial charge in [-0.3, -0.25) is 4.79 Å². The minimum Gasteiger partial charge on any atom is -0.381 e. The molecule has 3 heteroatoms. The number of nitrogens with one attached hydrogen (secondary N) is 1. The van der Waals surface area contributed by atoms with Crippen LogP contribution in [-0.4, -0.2) is 24.7 Å². The summed E-state index contributed by atoms with van der Waals surface area (Å²) >= 11 is 0. The lowest BCUT2D eigenvalue weighted by Gasteiger charge is -2.46. The normalized spacial score (nSPS) is 28.0. The standard InChI is InChI=1S/C12H21NO2/c1-3-11(4-2)9-10(14)13-12(11)5-7-15-8-6-12/h3-9H2,1-2H3,(H,13,14). The van der Waals surface area contributed by atoms with Gasteiger partial charge in [0.2, 0.25) is 5.91 Å². The Hall–Kier alpha value is -0.570. The van der Waals surface area contributed by atoms with E-state index in [-0.39, 0.29) is 16.9 Å². The maximum absolute atomic E-state index is 11.7. The van der Waals surface area contributed by atoms with Crippen molar-refractivity contribution in [3.63, 3.8) is 0 Å². The molecule has 1 N–H and O–H groups in total. The highest BCUT2D eigenvalue weighted by Gasteiger charge is 2.55. The molecule has 3 nitrogen and oxygen atoms in total. The van der Waals surface area contributed by atoms with Crippen LogP contribution in [0, 0.1) is 5.41 Å². The van der Waals surface area contributed by atoms with Crippen molar-refractivity contribution in [2.45, 2.75) is 51.5 Å². The maximum Gasteiger partial charge on any atom is 0.221 e. The fraction of sp³-hybridized carbons (Fsp3) is 0.917. The van der Waals surface area contributed by atoms with E-state index in [0.29, 0.717) is 6.42 Å². The Morgan fingerprint density at radius 3 is 2.40 bits per heavy atom. The number of amides is 1. The molecule has 2 aliphatic heterocycles. The average Bonchev–Trinajstić information content (AvgIpc) is 2.52. The number of carbonyl (C=O) groups excluding carboxylic acids is 1. The second-order valence-electron chi connectivity index (χ2n) is 4.91. The number of ether oxygens (including phenoxy) is 1. The van der Waals surface area contributed by atoms with Gasteiger partial charge in [0.05, 0.1) is 5.54 Å². The molecule has 2 saturated heterocycles. The predicted octanol–water partition coefficient (Wildman–Crippen LogP) is 1.86. The second-order valence-corrected chi connectivity index (χ2v) is 4.91. The lowest BCUT2D eigenvalue weighted by Crippen LogP contribution is -2.55. The SMILES string of the molecule is CCC1(CC)CC(=O)NC12CCOCC2. The molecule has 0 saturated carbocycles. The molecular weight excluding hydrogens is 190 g/mol. The summed E-state index contributed by atoms with van der Waals surface area (Å²) in [6, 6.07) is 0. The van der Waals surface area contributed by atoms with Crippen molar-refractivity contribution in [3.05, 3.63) is 0 Å². The Morgan fingerprint density at radius 2 is 1.87 bits per heavy atom. The van der Waals surface area contributed by atoms with Crippen LogP contribution in [0.3, 0.4) is 0 Å². The summed E-state index contributed by atoms with van der Waals surface area (Å²) < 4.78 is 5.42. The van der Waals surface area contributed by atoms with E-state index >= 15 is 0 Å². The van der Waals surface area contributed by atoms with Gasteiger partial charge in [0.25, 0.3) is 0 Å². The summed E-state index contributed by atoms with van der Waals surface area (Å²) in [6.07, 6.45) is 4.85. The number of rotatable bonds is 2. The van der Waals surface area contributed by atoms with E-state index in [9.17, 15) is 4.79 Å². The van der Waals surface area contributed by atoms with E-state index in [4.69, 9.17) is 4.74 Å². The molecule has 0 aromatic carbocycles. The maximum atomic E-state index is 11.7. The van der Waals surface area contributed by atoms with Crippen molar-refractivity contribution in [2.75, 3.05) is 13.2 Å². The van der Waals surface area contributed by atoms with Gasteiger partial charge in [0.1, 0.15) is 0 Å². The van der Waals surface area contributed by atoms with Gasteiger partial charge in [0, 0.05) is 25.0 Å². The van der Waals surface area contributed by atoms with E-state index in [2.05, 4.69) is 19.2 Å². The molecule has 1 spiro atoms. The first-order valence-corrected chi connectivity index (χ1v) is 6.07. The quantitative estimate of drug-likeness (QED) is 0.757. The summed E-state index contributed by atoms with van der Waals surface area (Å²) in [5.41, 5.74) is 0.208. The van der Waals surface area contributed by atoms with Gasteiger partial charge in [-0.15, -0.1) is 0 Å². The molecule has 2 aliphatic rings. The molecule has 0 radical (unpaired) electrons. The zero-order valence-corrected chi connectivity index (χ0v) is 9.77. The van der Waals surface area contributed by atoms with Crippen LogP contribution in [-0.2, 0) is 9.53 Å². The molecule has 0 atom stereocenters. The third kappa shape index (κ3) is 1.48. The molecule has 0 unspecified atom stereocenters. The molecule has 1 amide bonds. The first kappa shape index (κ1) is 10.9. The Morgan fingerprint density at radius 1 is 1.27 bits per heavy atom. The van der Waals surface area contributed by atoms with Gasteiger partial charge >= 0.3 is 0 Å². The highest BCUT2D eigenvalue weighted by atomic mass is 16.5. The van der Waals surface area contributed by atoms with E-state index in [1.54, 1.807) is 0 Å². The summed E-state index contributed by atoms with van der Waals surface area (Å²) in [6.45, 7) is 6.01. The highest BCUT2D eigenvalue weighted by molar-refractivity contribution is 5.81. The molecule has 0 aliphatic carbocycles. The molecule has 0 bridgehead atoms.